The van der Waals surface area contributed by atoms with Crippen molar-refractivity contribution in [2.24, 2.45) is 11.7 Å². The summed E-state index contributed by atoms with van der Waals surface area (Å²) < 4.78 is 4.88. The average Bonchev–Trinajstić information content (AvgIpc) is 2.59. The Morgan fingerprint density at radius 3 is 2.59 bits per heavy atom. The van der Waals surface area contributed by atoms with Gasteiger partial charge < -0.3 is 36.4 Å². The topological polar surface area (TPSA) is 170 Å². The van der Waals surface area contributed by atoms with E-state index in [1.54, 1.807) is 0 Å². The lowest BCUT2D eigenvalue weighted by Gasteiger charge is -2.38. The smallest absolute Gasteiger partial charge is 0.407 e. The van der Waals surface area contributed by atoms with Gasteiger partial charge in [-0.1, -0.05) is 13.8 Å². The number of amides is 3. The molecule has 11 heteroatoms. The molecule has 3 amide bonds. The number of rotatable bonds is 7. The molecule has 0 aromatic rings. The Morgan fingerprint density at radius 1 is 1.33 bits per heavy atom. The molecule has 1 unspecified atom stereocenters. The first-order valence-electron chi connectivity index (χ1n) is 8.91. The SMILES string of the molecule is CC(C)COC(=O)NCC(=O)N[C@@H](C)C(=O)N[C@H]1CCCN(C(=N)N)C1O. The molecule has 0 radical (unpaired) electrons. The zero-order valence-corrected chi connectivity index (χ0v) is 15.9. The molecule has 1 fully saturated rings. The number of alkyl carbamates (subject to hydrolysis) is 1. The molecular formula is C16H30N6O5. The first-order chi connectivity index (χ1) is 12.6. The summed E-state index contributed by atoms with van der Waals surface area (Å²) in [4.78, 5) is 36.8. The van der Waals surface area contributed by atoms with Gasteiger partial charge in [-0.15, -0.1) is 0 Å². The molecule has 1 aliphatic heterocycles. The molecule has 1 saturated heterocycles. The predicted octanol–water partition coefficient (Wildman–Crippen LogP) is -1.33. The molecular weight excluding hydrogens is 356 g/mol. The highest BCUT2D eigenvalue weighted by atomic mass is 16.5. The molecule has 11 nitrogen and oxygen atoms in total. The summed E-state index contributed by atoms with van der Waals surface area (Å²) >= 11 is 0. The van der Waals surface area contributed by atoms with E-state index in [1.165, 1.54) is 11.8 Å². The normalized spacial score (nSPS) is 20.6. The second-order valence-electron chi connectivity index (χ2n) is 6.88. The van der Waals surface area contributed by atoms with Crippen molar-refractivity contribution in [3.8, 4) is 0 Å². The number of likely N-dealkylation sites (tertiary alicyclic amines) is 1. The minimum absolute atomic E-state index is 0.183. The van der Waals surface area contributed by atoms with E-state index in [0.717, 1.165) is 0 Å². The lowest BCUT2D eigenvalue weighted by molar-refractivity contribution is -0.130. The number of nitrogens with one attached hydrogen (secondary N) is 4. The molecule has 0 aliphatic carbocycles. The van der Waals surface area contributed by atoms with E-state index < -0.39 is 36.2 Å². The highest BCUT2D eigenvalue weighted by molar-refractivity contribution is 5.89. The molecule has 0 aromatic heterocycles. The van der Waals surface area contributed by atoms with Crippen LogP contribution in [0.4, 0.5) is 4.79 Å². The van der Waals surface area contributed by atoms with Gasteiger partial charge in [-0.05, 0) is 25.7 Å². The van der Waals surface area contributed by atoms with Gasteiger partial charge in [0.15, 0.2) is 5.96 Å². The summed E-state index contributed by atoms with van der Waals surface area (Å²) in [5.41, 5.74) is 5.41. The maximum Gasteiger partial charge on any atom is 0.407 e. The Morgan fingerprint density at radius 2 is 2.00 bits per heavy atom. The third-order valence-corrected chi connectivity index (χ3v) is 3.94. The third kappa shape index (κ3) is 7.69. The molecule has 7 N–H and O–H groups in total. The van der Waals surface area contributed by atoms with Crippen LogP contribution < -0.4 is 21.7 Å². The fourth-order valence-electron chi connectivity index (χ4n) is 2.50. The standard InChI is InChI=1S/C16H30N6O5/c1-9(2)8-27-16(26)19-7-12(23)20-10(3)13(24)21-11-5-4-6-22(14(11)25)15(17)18/h9-11,14,25H,4-8H2,1-3H3,(H3,17,18)(H,19,26)(H,20,23)(H,21,24)/t10-,11-,14?/m0/s1. The van der Waals surface area contributed by atoms with E-state index in [9.17, 15) is 19.5 Å². The van der Waals surface area contributed by atoms with Crippen LogP contribution in [0.25, 0.3) is 0 Å². The lowest BCUT2D eigenvalue weighted by atomic mass is 10.0. The number of aliphatic hydroxyl groups excluding tert-OH is 1. The zero-order chi connectivity index (χ0) is 20.6. The van der Waals surface area contributed by atoms with E-state index in [1.807, 2.05) is 13.8 Å². The van der Waals surface area contributed by atoms with Crippen molar-refractivity contribution in [2.45, 2.75) is 51.9 Å². The Hall–Kier alpha value is -2.56. The van der Waals surface area contributed by atoms with E-state index >= 15 is 0 Å². The fraction of sp³-hybridized carbons (Fsp3) is 0.750. The van der Waals surface area contributed by atoms with Gasteiger partial charge in [-0.25, -0.2) is 4.79 Å². The summed E-state index contributed by atoms with van der Waals surface area (Å²) in [5.74, 6) is -1.12. The van der Waals surface area contributed by atoms with Crippen LogP contribution >= 0.6 is 0 Å². The quantitative estimate of drug-likeness (QED) is 0.232. The largest absolute Gasteiger partial charge is 0.449 e. The summed E-state index contributed by atoms with van der Waals surface area (Å²) in [5, 5.41) is 25.0. The minimum atomic E-state index is -1.10. The molecule has 3 atom stereocenters. The number of ether oxygens (including phenoxy) is 1. The number of piperidine rings is 1. The van der Waals surface area contributed by atoms with Gasteiger partial charge >= 0.3 is 6.09 Å². The number of guanidine groups is 1. The molecule has 154 valence electrons. The van der Waals surface area contributed by atoms with Gasteiger partial charge in [0.05, 0.1) is 12.6 Å². The van der Waals surface area contributed by atoms with E-state index in [-0.39, 0.29) is 25.0 Å². The second-order valence-corrected chi connectivity index (χ2v) is 6.88. The second kappa shape index (κ2) is 10.6. The fourth-order valence-corrected chi connectivity index (χ4v) is 2.50. The minimum Gasteiger partial charge on any atom is -0.449 e. The van der Waals surface area contributed by atoms with Crippen molar-refractivity contribution in [1.82, 2.24) is 20.9 Å². The molecule has 1 heterocycles. The van der Waals surface area contributed by atoms with E-state index in [0.29, 0.717) is 19.4 Å². The van der Waals surface area contributed by atoms with Crippen molar-refractivity contribution in [3.05, 3.63) is 0 Å². The summed E-state index contributed by atoms with van der Waals surface area (Å²) in [6.45, 7) is 5.63. The highest BCUT2D eigenvalue weighted by Gasteiger charge is 2.32. The third-order valence-electron chi connectivity index (χ3n) is 3.94. The van der Waals surface area contributed by atoms with Gasteiger partial charge in [0.2, 0.25) is 11.8 Å². The average molecular weight is 386 g/mol. The van der Waals surface area contributed by atoms with Crippen molar-refractivity contribution in [3.63, 3.8) is 0 Å². The van der Waals surface area contributed by atoms with Crippen LogP contribution in [0.3, 0.4) is 0 Å². The molecule has 0 bridgehead atoms. The number of nitrogens with zero attached hydrogens (tertiary/aromatic N) is 1. The number of carbonyl (C=O) groups is 3. The van der Waals surface area contributed by atoms with Gasteiger partial charge in [0.25, 0.3) is 0 Å². The predicted molar refractivity (Wildman–Crippen MR) is 97.6 cm³/mol. The number of aliphatic hydroxyl groups is 1. The van der Waals surface area contributed by atoms with Crippen molar-refractivity contribution >= 4 is 23.9 Å². The van der Waals surface area contributed by atoms with Crippen LogP contribution in [-0.2, 0) is 14.3 Å². The van der Waals surface area contributed by atoms with Crippen molar-refractivity contribution in [1.29, 1.82) is 5.41 Å². The number of nitrogens with two attached hydrogens (primary N) is 1. The van der Waals surface area contributed by atoms with Crippen LogP contribution in [0.2, 0.25) is 0 Å². The van der Waals surface area contributed by atoms with Crippen LogP contribution in [-0.4, -0.2) is 71.9 Å². The van der Waals surface area contributed by atoms with E-state index in [2.05, 4.69) is 16.0 Å². The summed E-state index contributed by atoms with van der Waals surface area (Å²) in [6.07, 6.45) is -0.614. The Kier molecular flexibility index (Phi) is 8.79. The van der Waals surface area contributed by atoms with Gasteiger partial charge in [-0.3, -0.25) is 15.0 Å². The zero-order valence-electron chi connectivity index (χ0n) is 15.9. The van der Waals surface area contributed by atoms with Crippen LogP contribution in [0, 0.1) is 11.3 Å². The molecule has 27 heavy (non-hydrogen) atoms. The molecule has 0 saturated carbocycles. The number of hydrogen-bond donors (Lipinski definition) is 6. The first-order valence-corrected chi connectivity index (χ1v) is 8.91. The number of hydrogen-bond acceptors (Lipinski definition) is 6. The van der Waals surface area contributed by atoms with Gasteiger partial charge in [0, 0.05) is 6.54 Å². The Balaban J connectivity index is 2.39. The Labute approximate surface area is 158 Å². The highest BCUT2D eigenvalue weighted by Crippen LogP contribution is 2.15. The first kappa shape index (κ1) is 22.5. The molecule has 1 rings (SSSR count). The molecule has 0 aromatic carbocycles. The van der Waals surface area contributed by atoms with Gasteiger partial charge in [0.1, 0.15) is 18.8 Å². The maximum absolute atomic E-state index is 12.2. The van der Waals surface area contributed by atoms with Gasteiger partial charge in [-0.2, -0.15) is 0 Å². The molecule has 0 spiro atoms. The lowest BCUT2D eigenvalue weighted by Crippen LogP contribution is -2.60. The van der Waals surface area contributed by atoms with Crippen molar-refractivity contribution in [2.75, 3.05) is 19.7 Å². The Bertz CT molecular complexity index is 555. The van der Waals surface area contributed by atoms with Crippen LogP contribution in [0.1, 0.15) is 33.6 Å². The van der Waals surface area contributed by atoms with Crippen LogP contribution in [0.15, 0.2) is 0 Å². The summed E-state index contributed by atoms with van der Waals surface area (Å²) in [6, 6.07) is -1.47. The van der Waals surface area contributed by atoms with Crippen LogP contribution in [0.5, 0.6) is 0 Å². The number of carbonyl (C=O) groups excluding carboxylic acids is 3. The summed E-state index contributed by atoms with van der Waals surface area (Å²) in [7, 11) is 0. The monoisotopic (exact) mass is 386 g/mol. The van der Waals surface area contributed by atoms with Crippen molar-refractivity contribution < 1.29 is 24.2 Å². The molecule has 1 aliphatic rings. The van der Waals surface area contributed by atoms with E-state index in [4.69, 9.17) is 15.9 Å². The maximum atomic E-state index is 12.2.